The molecule has 18 heavy (non-hydrogen) atoms. The van der Waals surface area contributed by atoms with Crippen LogP contribution in [0.25, 0.3) is 11.1 Å². The van der Waals surface area contributed by atoms with E-state index in [1.165, 1.54) is 0 Å². The van der Waals surface area contributed by atoms with Gasteiger partial charge >= 0.3 is 0 Å². The minimum Gasteiger partial charge on any atom is -0.496 e. The molecule has 0 spiro atoms. The topological polar surface area (TPSA) is 52.3 Å². The fourth-order valence-electron chi connectivity index (χ4n) is 1.93. The van der Waals surface area contributed by atoms with E-state index in [1.807, 2.05) is 48.5 Å². The predicted octanol–water partition coefficient (Wildman–Crippen LogP) is 2.39. The number of carbonyl (C=O) groups is 1. The lowest BCUT2D eigenvalue weighted by molar-refractivity contribution is -0.117. The van der Waals surface area contributed by atoms with Gasteiger partial charge in [0.2, 0.25) is 5.91 Å². The third kappa shape index (κ3) is 2.69. The molecule has 0 aliphatic rings. The fourth-order valence-corrected chi connectivity index (χ4v) is 1.93. The van der Waals surface area contributed by atoms with E-state index in [9.17, 15) is 4.79 Å². The number of hydrogen-bond donors (Lipinski definition) is 1. The van der Waals surface area contributed by atoms with Crippen LogP contribution in [-0.4, -0.2) is 13.0 Å². The number of hydrogen-bond acceptors (Lipinski definition) is 2. The van der Waals surface area contributed by atoms with Gasteiger partial charge in [-0.1, -0.05) is 42.5 Å². The van der Waals surface area contributed by atoms with Crippen molar-refractivity contribution in [2.75, 3.05) is 7.11 Å². The van der Waals surface area contributed by atoms with E-state index in [2.05, 4.69) is 0 Å². The first-order valence-electron chi connectivity index (χ1n) is 5.71. The summed E-state index contributed by atoms with van der Waals surface area (Å²) in [5.41, 5.74) is 8.14. The minimum absolute atomic E-state index is 0.253. The molecular weight excluding hydrogens is 226 g/mol. The zero-order chi connectivity index (χ0) is 13.0. The largest absolute Gasteiger partial charge is 0.496 e. The minimum atomic E-state index is -0.327. The van der Waals surface area contributed by atoms with Crippen LogP contribution in [0.3, 0.4) is 0 Å². The van der Waals surface area contributed by atoms with Gasteiger partial charge in [-0.3, -0.25) is 4.79 Å². The smallest absolute Gasteiger partial charge is 0.221 e. The van der Waals surface area contributed by atoms with Gasteiger partial charge in [-0.25, -0.2) is 0 Å². The molecule has 0 bridgehead atoms. The van der Waals surface area contributed by atoms with Crippen LogP contribution >= 0.6 is 0 Å². The van der Waals surface area contributed by atoms with Crippen LogP contribution in [-0.2, 0) is 11.2 Å². The van der Waals surface area contributed by atoms with Crippen molar-refractivity contribution in [1.29, 1.82) is 0 Å². The van der Waals surface area contributed by atoms with E-state index in [-0.39, 0.29) is 12.3 Å². The van der Waals surface area contributed by atoms with Crippen molar-refractivity contribution < 1.29 is 9.53 Å². The Morgan fingerprint density at radius 2 is 1.94 bits per heavy atom. The molecule has 0 atom stereocenters. The second kappa shape index (κ2) is 5.36. The van der Waals surface area contributed by atoms with Crippen LogP contribution in [0.5, 0.6) is 5.75 Å². The highest BCUT2D eigenvalue weighted by molar-refractivity contribution is 5.78. The molecule has 2 aromatic rings. The van der Waals surface area contributed by atoms with Crippen molar-refractivity contribution in [3.63, 3.8) is 0 Å². The summed E-state index contributed by atoms with van der Waals surface area (Å²) in [4.78, 5) is 10.9. The Morgan fingerprint density at radius 3 is 2.67 bits per heavy atom. The van der Waals surface area contributed by atoms with Gasteiger partial charge in [0.15, 0.2) is 0 Å². The predicted molar refractivity (Wildman–Crippen MR) is 71.3 cm³/mol. The zero-order valence-electron chi connectivity index (χ0n) is 10.2. The van der Waals surface area contributed by atoms with E-state index in [1.54, 1.807) is 7.11 Å². The molecule has 92 valence electrons. The maximum Gasteiger partial charge on any atom is 0.221 e. The van der Waals surface area contributed by atoms with E-state index in [0.717, 1.165) is 22.4 Å². The molecule has 1 amide bonds. The summed E-state index contributed by atoms with van der Waals surface area (Å²) in [5.74, 6) is 0.487. The number of nitrogens with two attached hydrogens (primary N) is 1. The molecule has 2 aromatic carbocycles. The number of benzene rings is 2. The monoisotopic (exact) mass is 241 g/mol. The first kappa shape index (κ1) is 12.2. The van der Waals surface area contributed by atoms with Gasteiger partial charge in [-0.05, 0) is 17.2 Å². The molecule has 0 aromatic heterocycles. The molecule has 0 unspecified atom stereocenters. The first-order chi connectivity index (χ1) is 8.70. The number of carbonyl (C=O) groups excluding carboxylic acids is 1. The summed E-state index contributed by atoms with van der Waals surface area (Å²) >= 11 is 0. The van der Waals surface area contributed by atoms with E-state index >= 15 is 0 Å². The second-order valence-electron chi connectivity index (χ2n) is 4.04. The lowest BCUT2D eigenvalue weighted by atomic mass is 10.0. The van der Waals surface area contributed by atoms with E-state index in [0.29, 0.717) is 0 Å². The van der Waals surface area contributed by atoms with E-state index in [4.69, 9.17) is 10.5 Å². The first-order valence-corrected chi connectivity index (χ1v) is 5.71. The zero-order valence-corrected chi connectivity index (χ0v) is 10.2. The molecule has 0 fully saturated rings. The average molecular weight is 241 g/mol. The van der Waals surface area contributed by atoms with Gasteiger partial charge in [0, 0.05) is 5.56 Å². The third-order valence-corrected chi connectivity index (χ3v) is 2.72. The quantitative estimate of drug-likeness (QED) is 0.893. The SMILES string of the molecule is COc1ccccc1-c1cccc(CC(N)=O)c1. The molecule has 0 aliphatic heterocycles. The van der Waals surface area contributed by atoms with Crippen molar-refractivity contribution in [2.45, 2.75) is 6.42 Å². The average Bonchev–Trinajstić information content (AvgIpc) is 2.38. The molecule has 2 N–H and O–H groups in total. The van der Waals surface area contributed by atoms with Crippen LogP contribution in [0, 0.1) is 0 Å². The second-order valence-corrected chi connectivity index (χ2v) is 4.04. The van der Waals surface area contributed by atoms with Crippen LogP contribution < -0.4 is 10.5 Å². The molecule has 0 saturated carbocycles. The Morgan fingerprint density at radius 1 is 1.17 bits per heavy atom. The highest BCUT2D eigenvalue weighted by atomic mass is 16.5. The number of para-hydroxylation sites is 1. The van der Waals surface area contributed by atoms with Gasteiger partial charge in [0.05, 0.1) is 13.5 Å². The molecule has 0 saturated heterocycles. The van der Waals surface area contributed by atoms with Crippen molar-refractivity contribution in [2.24, 2.45) is 5.73 Å². The van der Waals surface area contributed by atoms with Gasteiger partial charge in [0.1, 0.15) is 5.75 Å². The molecule has 0 radical (unpaired) electrons. The van der Waals surface area contributed by atoms with Crippen molar-refractivity contribution in [3.8, 4) is 16.9 Å². The van der Waals surface area contributed by atoms with Crippen molar-refractivity contribution >= 4 is 5.91 Å². The summed E-state index contributed by atoms with van der Waals surface area (Å²) in [6.45, 7) is 0. The maximum absolute atomic E-state index is 10.9. The number of methoxy groups -OCH3 is 1. The van der Waals surface area contributed by atoms with Crippen LogP contribution in [0.1, 0.15) is 5.56 Å². The molecule has 0 heterocycles. The molecular formula is C15H15NO2. The number of ether oxygens (including phenoxy) is 1. The van der Waals surface area contributed by atoms with Crippen LogP contribution in [0.2, 0.25) is 0 Å². The maximum atomic E-state index is 10.9. The Bertz CT molecular complexity index is 564. The number of amides is 1. The summed E-state index contributed by atoms with van der Waals surface area (Å²) in [6.07, 6.45) is 0.253. The van der Waals surface area contributed by atoms with Gasteiger partial charge < -0.3 is 10.5 Å². The van der Waals surface area contributed by atoms with Crippen LogP contribution in [0.15, 0.2) is 48.5 Å². The Kier molecular flexibility index (Phi) is 3.63. The molecule has 2 rings (SSSR count). The molecule has 3 heteroatoms. The van der Waals surface area contributed by atoms with Gasteiger partial charge in [-0.2, -0.15) is 0 Å². The highest BCUT2D eigenvalue weighted by Gasteiger charge is 2.06. The van der Waals surface area contributed by atoms with Gasteiger partial charge in [0.25, 0.3) is 0 Å². The van der Waals surface area contributed by atoms with E-state index < -0.39 is 0 Å². The third-order valence-electron chi connectivity index (χ3n) is 2.72. The number of rotatable bonds is 4. The highest BCUT2D eigenvalue weighted by Crippen LogP contribution is 2.29. The van der Waals surface area contributed by atoms with Crippen molar-refractivity contribution in [1.82, 2.24) is 0 Å². The Balaban J connectivity index is 2.41. The Labute approximate surface area is 106 Å². The fraction of sp³-hybridized carbons (Fsp3) is 0.133. The number of primary amides is 1. The lowest BCUT2D eigenvalue weighted by Gasteiger charge is -2.09. The molecule has 3 nitrogen and oxygen atoms in total. The van der Waals surface area contributed by atoms with Crippen LogP contribution in [0.4, 0.5) is 0 Å². The summed E-state index contributed by atoms with van der Waals surface area (Å²) < 4.78 is 5.33. The normalized spacial score (nSPS) is 10.1. The standard InChI is InChI=1S/C15H15NO2/c1-18-14-8-3-2-7-13(14)12-6-4-5-11(9-12)10-15(16)17/h2-9H,10H2,1H3,(H2,16,17). The summed E-state index contributed by atoms with van der Waals surface area (Å²) in [6, 6.07) is 15.5. The summed E-state index contributed by atoms with van der Waals surface area (Å²) in [7, 11) is 1.64. The van der Waals surface area contributed by atoms with Gasteiger partial charge in [-0.15, -0.1) is 0 Å². The Hall–Kier alpha value is -2.29. The lowest BCUT2D eigenvalue weighted by Crippen LogP contribution is -2.13. The summed E-state index contributed by atoms with van der Waals surface area (Å²) in [5, 5.41) is 0. The van der Waals surface area contributed by atoms with Crippen molar-refractivity contribution in [3.05, 3.63) is 54.1 Å². The molecule has 0 aliphatic carbocycles.